The van der Waals surface area contributed by atoms with Gasteiger partial charge < -0.3 is 0 Å². The molecule has 8 nitrogen and oxygen atoms in total. The van der Waals surface area contributed by atoms with Gasteiger partial charge in [-0.15, -0.1) is 0 Å². The van der Waals surface area contributed by atoms with Crippen LogP contribution in [0.2, 0.25) is 0 Å². The van der Waals surface area contributed by atoms with Crippen molar-refractivity contribution in [2.45, 2.75) is 26.2 Å². The fourth-order valence-corrected chi connectivity index (χ4v) is 3.82. The normalized spacial score (nSPS) is 11.7. The minimum atomic E-state index is -4.42. The maximum atomic E-state index is 12.5. The van der Waals surface area contributed by atoms with Crippen LogP contribution in [0.15, 0.2) is 58.1 Å². The Hall–Kier alpha value is -4.62. The van der Waals surface area contributed by atoms with E-state index in [4.69, 9.17) is 0 Å². The molecule has 0 bridgehead atoms. The molecule has 0 amide bonds. The summed E-state index contributed by atoms with van der Waals surface area (Å²) in [5.41, 5.74) is -1.58. The summed E-state index contributed by atoms with van der Waals surface area (Å²) in [5.74, 6) is -0.886. The van der Waals surface area contributed by atoms with Crippen LogP contribution in [0.5, 0.6) is 0 Å². The van der Waals surface area contributed by atoms with Crippen LogP contribution in [0.25, 0.3) is 22.5 Å². The van der Waals surface area contributed by atoms with Crippen LogP contribution in [0, 0.1) is 0 Å². The van der Waals surface area contributed by atoms with Gasteiger partial charge in [0.1, 0.15) is 11.1 Å². The monoisotopic (exact) mass is 568 g/mol. The van der Waals surface area contributed by atoms with Crippen LogP contribution >= 0.6 is 0 Å². The predicted octanol–water partition coefficient (Wildman–Crippen LogP) is 5.20. The molecule has 0 radical (unpaired) electrons. The van der Waals surface area contributed by atoms with E-state index in [1.54, 1.807) is 0 Å². The van der Waals surface area contributed by atoms with E-state index in [1.165, 1.54) is 52.2 Å². The molecule has 0 spiro atoms. The molecule has 0 aliphatic heterocycles. The van der Waals surface area contributed by atoms with Crippen LogP contribution in [-0.2, 0) is 26.4 Å². The molecule has 0 saturated carbocycles. The number of carbonyl (C=O) groups is 2. The highest BCUT2D eigenvalue weighted by molar-refractivity contribution is 6.00. The molecule has 14 heteroatoms. The minimum absolute atomic E-state index is 0.0627. The average Bonchev–Trinajstić information content (AvgIpc) is 3.33. The van der Waals surface area contributed by atoms with Crippen molar-refractivity contribution in [1.82, 2.24) is 19.6 Å². The number of hydrogen-bond acceptors (Lipinski definition) is 4. The van der Waals surface area contributed by atoms with Crippen LogP contribution in [-0.4, -0.2) is 31.1 Å². The number of nitrogens with zero attached hydrogens (tertiary/aromatic N) is 2. The molecule has 212 valence electrons. The van der Waals surface area contributed by atoms with Crippen LogP contribution in [0.3, 0.4) is 0 Å². The number of Topliss-reactive ketones (excluding diaryl/α,β-unsaturated/α-hetero) is 2. The second-order valence-electron chi connectivity index (χ2n) is 8.71. The maximum absolute atomic E-state index is 12.5. The van der Waals surface area contributed by atoms with Crippen molar-refractivity contribution < 1.29 is 35.9 Å². The first-order valence-corrected chi connectivity index (χ1v) is 11.4. The first-order valence-electron chi connectivity index (χ1n) is 11.4. The van der Waals surface area contributed by atoms with Gasteiger partial charge in [0.2, 0.25) is 0 Å². The molecule has 0 aliphatic carbocycles. The predicted molar refractivity (Wildman–Crippen MR) is 133 cm³/mol. The summed E-state index contributed by atoms with van der Waals surface area (Å²) < 4.78 is 77.1. The zero-order valence-electron chi connectivity index (χ0n) is 21.4. The van der Waals surface area contributed by atoms with Crippen molar-refractivity contribution in [3.63, 3.8) is 0 Å². The summed E-state index contributed by atoms with van der Waals surface area (Å²) in [4.78, 5) is 46.5. The van der Waals surface area contributed by atoms with Crippen molar-refractivity contribution in [2.75, 3.05) is 0 Å². The number of aromatic amines is 2. The van der Waals surface area contributed by atoms with Crippen molar-refractivity contribution in [1.29, 1.82) is 0 Å². The van der Waals surface area contributed by atoms with E-state index in [0.717, 1.165) is 33.6 Å². The first-order chi connectivity index (χ1) is 18.4. The zero-order valence-corrected chi connectivity index (χ0v) is 21.4. The van der Waals surface area contributed by atoms with Gasteiger partial charge >= 0.3 is 12.4 Å². The number of ketones is 2. The molecule has 40 heavy (non-hydrogen) atoms. The standard InChI is InChI=1S/2C13H11F3N2O2/c2*1-7(19)10-11(17-18(2)12(10)20)8-3-5-9(6-4-8)13(14,15)16/h2*3-6,17H,1-2H3. The van der Waals surface area contributed by atoms with E-state index < -0.39 is 46.2 Å². The van der Waals surface area contributed by atoms with E-state index in [1.807, 2.05) is 0 Å². The Balaban J connectivity index is 0.000000220. The molecule has 0 atom stereocenters. The number of aryl methyl sites for hydroxylation is 2. The van der Waals surface area contributed by atoms with Gasteiger partial charge in [-0.3, -0.25) is 38.7 Å². The Labute approximate surface area is 221 Å². The highest BCUT2D eigenvalue weighted by Gasteiger charge is 2.31. The number of benzene rings is 2. The third-order valence-corrected chi connectivity index (χ3v) is 5.80. The van der Waals surface area contributed by atoms with Crippen molar-refractivity contribution in [3.8, 4) is 22.5 Å². The molecule has 0 aliphatic rings. The lowest BCUT2D eigenvalue weighted by molar-refractivity contribution is -0.138. The number of rotatable bonds is 4. The van der Waals surface area contributed by atoms with Gasteiger partial charge in [-0.1, -0.05) is 24.3 Å². The van der Waals surface area contributed by atoms with Crippen molar-refractivity contribution >= 4 is 11.6 Å². The molecular weight excluding hydrogens is 546 g/mol. The van der Waals surface area contributed by atoms with Crippen molar-refractivity contribution in [3.05, 3.63) is 91.5 Å². The fourth-order valence-electron chi connectivity index (χ4n) is 3.82. The summed E-state index contributed by atoms with van der Waals surface area (Å²) in [7, 11) is 2.87. The van der Waals surface area contributed by atoms with E-state index in [9.17, 15) is 45.5 Å². The smallest absolute Gasteiger partial charge is 0.294 e. The largest absolute Gasteiger partial charge is 0.416 e. The van der Waals surface area contributed by atoms with Gasteiger partial charge in [0.05, 0.1) is 22.5 Å². The fraction of sp³-hybridized carbons (Fsp3) is 0.231. The lowest BCUT2D eigenvalue weighted by atomic mass is 10.0. The van der Waals surface area contributed by atoms with Gasteiger partial charge in [-0.25, -0.2) is 0 Å². The summed E-state index contributed by atoms with van der Waals surface area (Å²) >= 11 is 0. The molecule has 4 aromatic rings. The molecule has 2 heterocycles. The molecule has 0 fully saturated rings. The lowest BCUT2D eigenvalue weighted by Gasteiger charge is -2.07. The van der Waals surface area contributed by atoms with Gasteiger partial charge in [-0.05, 0) is 38.1 Å². The van der Waals surface area contributed by atoms with E-state index >= 15 is 0 Å². The molecule has 0 unspecified atom stereocenters. The number of hydrogen-bond donors (Lipinski definition) is 2. The molecular formula is C26H22F6N4O4. The van der Waals surface area contributed by atoms with Crippen LogP contribution in [0.4, 0.5) is 26.3 Å². The number of nitrogens with one attached hydrogen (secondary N) is 2. The SMILES string of the molecule is CC(=O)c1c(-c2ccc(C(F)(F)F)cc2)[nH]n(C)c1=O.CC(=O)c1c(-c2ccc(C(F)(F)F)cc2)[nH]n(C)c1=O. The lowest BCUT2D eigenvalue weighted by Crippen LogP contribution is -2.17. The molecule has 2 aromatic carbocycles. The van der Waals surface area contributed by atoms with Crippen LogP contribution in [0.1, 0.15) is 45.7 Å². The Kier molecular flexibility index (Phi) is 8.13. The maximum Gasteiger partial charge on any atom is 0.416 e. The number of halogens is 6. The zero-order chi connectivity index (χ0) is 30.2. The molecule has 0 saturated heterocycles. The second kappa shape index (κ2) is 10.9. The average molecular weight is 568 g/mol. The van der Waals surface area contributed by atoms with E-state index in [-0.39, 0.29) is 22.5 Å². The van der Waals surface area contributed by atoms with Gasteiger partial charge in [0.15, 0.2) is 11.6 Å². The highest BCUT2D eigenvalue weighted by Crippen LogP contribution is 2.32. The second-order valence-corrected chi connectivity index (χ2v) is 8.71. The van der Waals surface area contributed by atoms with Crippen LogP contribution < -0.4 is 11.1 Å². The Morgan fingerprint density at radius 1 is 0.600 bits per heavy atom. The van der Waals surface area contributed by atoms with E-state index in [2.05, 4.69) is 10.2 Å². The summed E-state index contributed by atoms with van der Waals surface area (Å²) in [5, 5.41) is 5.34. The molecule has 2 N–H and O–H groups in total. The topological polar surface area (TPSA) is 110 Å². The number of alkyl halides is 6. The Morgan fingerprint density at radius 2 is 0.875 bits per heavy atom. The summed E-state index contributed by atoms with van der Waals surface area (Å²) in [6.45, 7) is 2.47. The quantitative estimate of drug-likeness (QED) is 0.260. The molecule has 4 rings (SSSR count). The number of aromatic nitrogens is 4. The third kappa shape index (κ3) is 6.16. The number of H-pyrrole nitrogens is 2. The summed E-state index contributed by atoms with van der Waals surface area (Å²) in [6, 6.07) is 8.52. The molecule has 2 aromatic heterocycles. The van der Waals surface area contributed by atoms with Gasteiger partial charge in [0.25, 0.3) is 11.1 Å². The van der Waals surface area contributed by atoms with Crippen molar-refractivity contribution in [2.24, 2.45) is 14.1 Å². The first kappa shape index (κ1) is 29.9. The Morgan fingerprint density at radius 3 is 1.10 bits per heavy atom. The minimum Gasteiger partial charge on any atom is -0.294 e. The Bertz CT molecular complexity index is 1540. The van der Waals surface area contributed by atoms with Gasteiger partial charge in [-0.2, -0.15) is 26.3 Å². The number of carbonyl (C=O) groups excluding carboxylic acids is 2. The third-order valence-electron chi connectivity index (χ3n) is 5.80. The highest BCUT2D eigenvalue weighted by atomic mass is 19.4. The van der Waals surface area contributed by atoms with E-state index in [0.29, 0.717) is 11.1 Å². The summed E-state index contributed by atoms with van der Waals surface area (Å²) in [6.07, 6.45) is -8.85. The van der Waals surface area contributed by atoms with Gasteiger partial charge in [0, 0.05) is 25.2 Å².